The van der Waals surface area contributed by atoms with Gasteiger partial charge < -0.3 is 35.4 Å². The number of ether oxygens (including phenoxy) is 1. The van der Waals surface area contributed by atoms with E-state index >= 15 is 0 Å². The van der Waals surface area contributed by atoms with E-state index in [0.29, 0.717) is 34.6 Å². The molecule has 5 N–H and O–H groups in total. The molecule has 2 aromatic carbocycles. The predicted octanol–water partition coefficient (Wildman–Crippen LogP) is 3.42. The largest absolute Gasteiger partial charge is 0.507 e. The summed E-state index contributed by atoms with van der Waals surface area (Å²) < 4.78 is 5.09. The Morgan fingerprint density at radius 3 is 2.44 bits per heavy atom. The van der Waals surface area contributed by atoms with E-state index in [1.54, 1.807) is 25.1 Å². The third kappa shape index (κ3) is 4.24. The number of nitrogens with zero attached hydrogens (tertiary/aromatic N) is 1. The summed E-state index contributed by atoms with van der Waals surface area (Å²) in [6.45, 7) is 3.11. The Bertz CT molecular complexity index is 1570. The number of methoxy groups -OCH3 is 1. The Balaban J connectivity index is 1.59. The van der Waals surface area contributed by atoms with Crippen molar-refractivity contribution in [2.24, 2.45) is 11.8 Å². The quantitative estimate of drug-likeness (QED) is 0.201. The molecule has 0 heterocycles. The molecule has 3 atom stereocenters. The minimum Gasteiger partial charge on any atom is -0.507 e. The van der Waals surface area contributed by atoms with Crippen LogP contribution in [0.15, 0.2) is 41.0 Å². The molecule has 0 radical (unpaired) electrons. The van der Waals surface area contributed by atoms with Gasteiger partial charge in [0.1, 0.15) is 11.5 Å². The lowest BCUT2D eigenvalue weighted by Gasteiger charge is -2.46. The van der Waals surface area contributed by atoms with E-state index in [-0.39, 0.29) is 53.3 Å². The number of nitrogens with one attached hydrogen (secondary N) is 1. The lowest BCUT2D eigenvalue weighted by atomic mass is 9.57. The van der Waals surface area contributed by atoms with Crippen molar-refractivity contribution in [3.05, 3.63) is 57.7 Å². The van der Waals surface area contributed by atoms with Crippen LogP contribution >= 0.6 is 0 Å². The van der Waals surface area contributed by atoms with Crippen LogP contribution in [0, 0.1) is 11.8 Å². The molecule has 3 aliphatic carbocycles. The number of aromatic hydroxyl groups is 2. The van der Waals surface area contributed by atoms with E-state index in [0.717, 1.165) is 0 Å². The fourth-order valence-corrected chi connectivity index (χ4v) is 6.65. The maximum absolute atomic E-state index is 13.9. The van der Waals surface area contributed by atoms with Gasteiger partial charge in [-0.2, -0.15) is 0 Å². The molecule has 0 unspecified atom stereocenters. The zero-order valence-electron chi connectivity index (χ0n) is 23.7. The number of carbonyl (C=O) groups is 3. The second-order valence-corrected chi connectivity index (χ2v) is 11.3. The minimum absolute atomic E-state index is 0.0360. The minimum atomic E-state index is -2.45. The summed E-state index contributed by atoms with van der Waals surface area (Å²) in [7, 11) is 5.11. The molecule has 5 rings (SSSR count). The molecule has 0 spiro atoms. The first-order valence-electron chi connectivity index (χ1n) is 13.4. The van der Waals surface area contributed by atoms with Gasteiger partial charge in [-0.1, -0.05) is 11.6 Å². The monoisotopic (exact) mass is 562 g/mol. The van der Waals surface area contributed by atoms with Crippen LogP contribution in [0.3, 0.4) is 0 Å². The number of hydrogen-bond acceptors (Lipinski definition) is 10. The molecule has 0 bridgehead atoms. The van der Waals surface area contributed by atoms with Gasteiger partial charge in [-0.15, -0.1) is 0 Å². The smallest absolute Gasteiger partial charge is 0.206 e. The number of rotatable bonds is 6. The molecule has 0 amide bonds. The van der Waals surface area contributed by atoms with Crippen molar-refractivity contribution < 1.29 is 39.5 Å². The fraction of sp³-hybridized carbons (Fsp3) is 0.387. The zero-order chi connectivity index (χ0) is 30.0. The number of aliphatic hydroxyl groups excluding tert-OH is 1. The summed E-state index contributed by atoms with van der Waals surface area (Å²) >= 11 is 0. The molecular formula is C31H34N2O8. The van der Waals surface area contributed by atoms with Crippen LogP contribution in [0.1, 0.15) is 43.4 Å². The highest BCUT2D eigenvalue weighted by Gasteiger charge is 2.60. The number of aliphatic hydroxyl groups is 2. The maximum atomic E-state index is 13.9. The fourth-order valence-electron chi connectivity index (χ4n) is 6.65. The highest BCUT2D eigenvalue weighted by Crippen LogP contribution is 2.53. The summed E-state index contributed by atoms with van der Waals surface area (Å²) in [5.41, 5.74) is 0.208. The van der Waals surface area contributed by atoms with Gasteiger partial charge in [0.25, 0.3) is 0 Å². The van der Waals surface area contributed by atoms with Crippen molar-refractivity contribution >= 4 is 34.5 Å². The van der Waals surface area contributed by atoms with Gasteiger partial charge in [-0.25, -0.2) is 0 Å². The van der Waals surface area contributed by atoms with Gasteiger partial charge in [0.05, 0.1) is 23.9 Å². The molecule has 0 aromatic heterocycles. The lowest BCUT2D eigenvalue weighted by Crippen LogP contribution is -2.61. The van der Waals surface area contributed by atoms with E-state index in [4.69, 9.17) is 4.74 Å². The number of anilines is 2. The molecular weight excluding hydrogens is 528 g/mol. The third-order valence-electron chi connectivity index (χ3n) is 8.60. The normalized spacial score (nSPS) is 23.6. The Hall–Kier alpha value is -4.31. The first kappa shape index (κ1) is 28.2. The Morgan fingerprint density at radius 2 is 1.83 bits per heavy atom. The molecule has 10 heteroatoms. The highest BCUT2D eigenvalue weighted by molar-refractivity contribution is 6.33. The third-order valence-corrected chi connectivity index (χ3v) is 8.60. The summed E-state index contributed by atoms with van der Waals surface area (Å²) in [4.78, 5) is 41.3. The summed E-state index contributed by atoms with van der Waals surface area (Å²) in [6, 6.07) is 6.66. The van der Waals surface area contributed by atoms with Crippen LogP contribution in [0.5, 0.6) is 17.2 Å². The summed E-state index contributed by atoms with van der Waals surface area (Å²) in [5, 5.41) is 47.7. The van der Waals surface area contributed by atoms with Gasteiger partial charge in [0.2, 0.25) is 11.6 Å². The first-order valence-corrected chi connectivity index (χ1v) is 13.4. The highest BCUT2D eigenvalue weighted by atomic mass is 16.5. The predicted molar refractivity (Wildman–Crippen MR) is 152 cm³/mol. The van der Waals surface area contributed by atoms with Gasteiger partial charge in [-0.3, -0.25) is 14.4 Å². The second kappa shape index (κ2) is 9.95. The van der Waals surface area contributed by atoms with E-state index in [2.05, 4.69) is 5.32 Å². The number of allylic oxidation sites excluding steroid dienone is 1. The number of hydrogen-bond donors (Lipinski definition) is 5. The van der Waals surface area contributed by atoms with Crippen molar-refractivity contribution in [2.45, 2.75) is 45.3 Å². The van der Waals surface area contributed by atoms with Gasteiger partial charge >= 0.3 is 0 Å². The van der Waals surface area contributed by atoms with E-state index < -0.39 is 40.5 Å². The average molecular weight is 563 g/mol. The molecule has 10 nitrogen and oxygen atoms in total. The van der Waals surface area contributed by atoms with Crippen molar-refractivity contribution in [2.75, 3.05) is 31.4 Å². The standard InChI is InChI=1S/C31H34N2O8/c1-14-8-18-10-17-11-19-21(33(3)4)12-20(32-13-16-6-7-23(41-5)22(35)9-16)27(36)26(19)28(37)25(17)30(39)31(18,40)29(38)24(14)15(2)34/h6-7,9,12,17-18,32,35-37,40H,8,10-11,13H2,1-5H3/t17-,18-,31-/m0/s1. The first-order chi connectivity index (χ1) is 19.3. The molecule has 41 heavy (non-hydrogen) atoms. The van der Waals surface area contributed by atoms with Gasteiger partial charge in [0.15, 0.2) is 22.9 Å². The van der Waals surface area contributed by atoms with E-state index in [1.807, 2.05) is 19.0 Å². The second-order valence-electron chi connectivity index (χ2n) is 11.3. The van der Waals surface area contributed by atoms with E-state index in [9.17, 15) is 34.8 Å². The molecule has 2 aromatic rings. The number of Topliss-reactive ketones (excluding diaryl/α,β-unsaturated/α-hetero) is 3. The Kier molecular flexibility index (Phi) is 6.85. The van der Waals surface area contributed by atoms with Crippen molar-refractivity contribution in [3.63, 3.8) is 0 Å². The number of benzene rings is 2. The molecule has 0 aliphatic heterocycles. The summed E-state index contributed by atoms with van der Waals surface area (Å²) in [5.74, 6) is -4.06. The average Bonchev–Trinajstić information content (AvgIpc) is 2.90. The van der Waals surface area contributed by atoms with Gasteiger partial charge in [-0.05, 0) is 68.4 Å². The number of fused-ring (bicyclic) bond motifs is 3. The van der Waals surface area contributed by atoms with Gasteiger partial charge in [0, 0.05) is 37.8 Å². The SMILES string of the molecule is COc1ccc(CNc2cc(N(C)C)c3c(c2O)C(O)=C2C(=O)[C@@]4(O)C(=O)C(C(C)=O)=C(C)C[C@H]4C[C@H]2C3)cc1O. The number of ketones is 3. The molecule has 3 aliphatic rings. The number of carbonyl (C=O) groups excluding carboxylic acids is 3. The zero-order valence-corrected chi connectivity index (χ0v) is 23.7. The van der Waals surface area contributed by atoms with Crippen LogP contribution in [0.4, 0.5) is 11.4 Å². The lowest BCUT2D eigenvalue weighted by molar-refractivity contribution is -0.157. The van der Waals surface area contributed by atoms with E-state index in [1.165, 1.54) is 20.1 Å². The Labute approximate surface area is 237 Å². The molecule has 1 fully saturated rings. The van der Waals surface area contributed by atoms with Crippen LogP contribution in [0.25, 0.3) is 5.76 Å². The summed E-state index contributed by atoms with van der Waals surface area (Å²) in [6.07, 6.45) is 0.775. The van der Waals surface area contributed by atoms with Crippen LogP contribution in [-0.2, 0) is 27.3 Å². The van der Waals surface area contributed by atoms with Crippen LogP contribution in [-0.4, -0.2) is 64.6 Å². The number of phenols is 2. The number of phenolic OH excluding ortho intramolecular Hbond substituents is 2. The molecule has 0 saturated heterocycles. The maximum Gasteiger partial charge on any atom is 0.206 e. The van der Waals surface area contributed by atoms with Crippen LogP contribution < -0.4 is 15.0 Å². The van der Waals surface area contributed by atoms with Crippen molar-refractivity contribution in [1.82, 2.24) is 0 Å². The topological polar surface area (TPSA) is 157 Å². The Morgan fingerprint density at radius 1 is 1.12 bits per heavy atom. The molecule has 1 saturated carbocycles. The van der Waals surface area contributed by atoms with Crippen molar-refractivity contribution in [3.8, 4) is 17.2 Å². The molecule has 216 valence electrons. The van der Waals surface area contributed by atoms with Crippen molar-refractivity contribution in [1.29, 1.82) is 0 Å². The van der Waals surface area contributed by atoms with Crippen LogP contribution in [0.2, 0.25) is 0 Å².